The fraction of sp³-hybridized carbons (Fsp3) is 0.154. The maximum Gasteiger partial charge on any atom is 0.707 e. The first-order valence-corrected chi connectivity index (χ1v) is 6.06. The van der Waals surface area contributed by atoms with Crippen LogP contribution in [0.15, 0.2) is 42.7 Å². The van der Waals surface area contributed by atoms with E-state index < -0.39 is 7.32 Å². The van der Waals surface area contributed by atoms with E-state index in [9.17, 15) is 0 Å². The molecule has 0 saturated carbocycles. The van der Waals surface area contributed by atoms with Crippen molar-refractivity contribution in [2.45, 2.75) is 6.92 Å². The van der Waals surface area contributed by atoms with Crippen molar-refractivity contribution in [2.24, 2.45) is 0 Å². The van der Waals surface area contributed by atoms with Gasteiger partial charge in [0.1, 0.15) is 11.5 Å². The minimum Gasteiger partial charge on any atom is -0.511 e. The molecule has 104 valence electrons. The number of para-hydroxylation sites is 2. The maximum atomic E-state index is 8.75. The van der Waals surface area contributed by atoms with E-state index in [-0.39, 0.29) is 5.75 Å². The Morgan fingerprint density at radius 1 is 1.10 bits per heavy atom. The highest BCUT2D eigenvalue weighted by Crippen LogP contribution is 2.32. The van der Waals surface area contributed by atoms with Gasteiger partial charge in [-0.15, -0.1) is 0 Å². The van der Waals surface area contributed by atoms with Crippen LogP contribution in [0.4, 0.5) is 0 Å². The molecule has 1 heterocycles. The summed E-state index contributed by atoms with van der Waals surface area (Å²) in [6, 6.07) is 8.72. The first-order valence-electron chi connectivity index (χ1n) is 6.06. The van der Waals surface area contributed by atoms with Gasteiger partial charge >= 0.3 is 7.32 Å². The molecule has 7 heteroatoms. The Morgan fingerprint density at radius 3 is 2.50 bits per heavy atom. The Hall–Kier alpha value is -2.25. The zero-order valence-electron chi connectivity index (χ0n) is 10.9. The second-order valence-electron chi connectivity index (χ2n) is 3.78. The summed E-state index contributed by atoms with van der Waals surface area (Å²) in [7, 11) is -1.90. The van der Waals surface area contributed by atoms with E-state index in [1.165, 1.54) is 18.5 Å². The van der Waals surface area contributed by atoms with E-state index in [4.69, 9.17) is 24.2 Å². The lowest BCUT2D eigenvalue weighted by Gasteiger charge is -2.11. The standard InChI is InChI=1S/C13H14BNO5/c1-2-18-12-5-3-4-6-13(12)19-10-7-11(9-15-8-10)20-14(16)17/h3-9,16-17H,2H2,1H3. The van der Waals surface area contributed by atoms with Gasteiger partial charge in [0.25, 0.3) is 0 Å². The van der Waals surface area contributed by atoms with Crippen molar-refractivity contribution in [2.75, 3.05) is 6.61 Å². The normalized spacial score (nSPS) is 9.95. The van der Waals surface area contributed by atoms with Gasteiger partial charge in [-0.25, -0.2) is 0 Å². The molecule has 1 aromatic heterocycles. The summed E-state index contributed by atoms with van der Waals surface area (Å²) in [6.45, 7) is 2.41. The molecule has 0 spiro atoms. The van der Waals surface area contributed by atoms with Crippen molar-refractivity contribution < 1.29 is 24.2 Å². The molecule has 0 atom stereocenters. The highest BCUT2D eigenvalue weighted by Gasteiger charge is 2.12. The van der Waals surface area contributed by atoms with Crippen molar-refractivity contribution in [1.29, 1.82) is 0 Å². The van der Waals surface area contributed by atoms with Crippen LogP contribution in [-0.4, -0.2) is 29.0 Å². The number of rotatable bonds is 6. The first-order chi connectivity index (χ1) is 9.69. The SMILES string of the molecule is CCOc1ccccc1Oc1cncc(OB(O)O)c1. The van der Waals surface area contributed by atoms with E-state index in [1.54, 1.807) is 12.1 Å². The molecule has 0 unspecified atom stereocenters. The Bertz CT molecular complexity index is 564. The predicted octanol–water partition coefficient (Wildman–Crippen LogP) is 1.62. The summed E-state index contributed by atoms with van der Waals surface area (Å²) in [5.41, 5.74) is 0. The van der Waals surface area contributed by atoms with Gasteiger partial charge in [0.2, 0.25) is 0 Å². The monoisotopic (exact) mass is 275 g/mol. The van der Waals surface area contributed by atoms with E-state index in [0.717, 1.165) is 0 Å². The highest BCUT2D eigenvalue weighted by molar-refractivity contribution is 6.33. The number of hydrogen-bond donors (Lipinski definition) is 2. The summed E-state index contributed by atoms with van der Waals surface area (Å²) < 4.78 is 15.8. The van der Waals surface area contributed by atoms with Crippen LogP contribution in [0, 0.1) is 0 Å². The molecule has 20 heavy (non-hydrogen) atoms. The molecular formula is C13H14BNO5. The third-order valence-corrected chi connectivity index (χ3v) is 2.31. The van der Waals surface area contributed by atoms with E-state index in [2.05, 4.69) is 4.98 Å². The molecule has 0 aliphatic heterocycles. The molecule has 0 amide bonds. The van der Waals surface area contributed by atoms with Gasteiger partial charge in [-0.3, -0.25) is 4.98 Å². The summed E-state index contributed by atoms with van der Waals surface area (Å²) in [5, 5.41) is 17.5. The van der Waals surface area contributed by atoms with Crippen LogP contribution in [0.25, 0.3) is 0 Å². The molecule has 2 N–H and O–H groups in total. The zero-order chi connectivity index (χ0) is 14.4. The lowest BCUT2D eigenvalue weighted by atomic mass is 10.2. The lowest BCUT2D eigenvalue weighted by molar-refractivity contribution is 0.287. The molecule has 6 nitrogen and oxygen atoms in total. The molecule has 2 rings (SSSR count). The van der Waals surface area contributed by atoms with Crippen LogP contribution in [0.5, 0.6) is 23.0 Å². The number of pyridine rings is 1. The summed E-state index contributed by atoms with van der Waals surface area (Å²) >= 11 is 0. The zero-order valence-corrected chi connectivity index (χ0v) is 10.9. The molecule has 0 radical (unpaired) electrons. The van der Waals surface area contributed by atoms with Crippen LogP contribution in [0.1, 0.15) is 6.92 Å². The predicted molar refractivity (Wildman–Crippen MR) is 72.7 cm³/mol. The van der Waals surface area contributed by atoms with Crippen molar-refractivity contribution in [3.63, 3.8) is 0 Å². The Labute approximate surface area is 116 Å². The highest BCUT2D eigenvalue weighted by atomic mass is 16.6. The maximum absolute atomic E-state index is 8.75. The number of aromatic nitrogens is 1. The first kappa shape index (κ1) is 14.2. The van der Waals surface area contributed by atoms with Gasteiger partial charge in [-0.1, -0.05) is 12.1 Å². The fourth-order valence-electron chi connectivity index (χ4n) is 1.58. The van der Waals surface area contributed by atoms with Crippen LogP contribution >= 0.6 is 0 Å². The Balaban J connectivity index is 2.17. The second-order valence-corrected chi connectivity index (χ2v) is 3.78. The quantitative estimate of drug-likeness (QED) is 0.780. The van der Waals surface area contributed by atoms with Gasteiger partial charge in [0, 0.05) is 6.07 Å². The van der Waals surface area contributed by atoms with E-state index >= 15 is 0 Å². The molecule has 0 bridgehead atoms. The third kappa shape index (κ3) is 3.87. The Morgan fingerprint density at radius 2 is 1.80 bits per heavy atom. The topological polar surface area (TPSA) is 81.0 Å². The van der Waals surface area contributed by atoms with E-state index in [1.807, 2.05) is 19.1 Å². The average molecular weight is 275 g/mol. The van der Waals surface area contributed by atoms with Gasteiger partial charge < -0.3 is 24.2 Å². The van der Waals surface area contributed by atoms with E-state index in [0.29, 0.717) is 23.9 Å². The van der Waals surface area contributed by atoms with Crippen molar-refractivity contribution >= 4 is 7.32 Å². The summed E-state index contributed by atoms with van der Waals surface area (Å²) in [4.78, 5) is 3.90. The number of hydrogen-bond acceptors (Lipinski definition) is 6. The number of nitrogens with zero attached hydrogens (tertiary/aromatic N) is 1. The largest absolute Gasteiger partial charge is 0.707 e. The minimum atomic E-state index is -1.90. The van der Waals surface area contributed by atoms with Crippen LogP contribution in [0.2, 0.25) is 0 Å². The van der Waals surface area contributed by atoms with Gasteiger partial charge in [-0.2, -0.15) is 0 Å². The second kappa shape index (κ2) is 6.79. The van der Waals surface area contributed by atoms with Crippen molar-refractivity contribution in [1.82, 2.24) is 4.98 Å². The molecule has 0 aliphatic rings. The van der Waals surface area contributed by atoms with Crippen LogP contribution < -0.4 is 14.1 Å². The molecule has 0 saturated heterocycles. The van der Waals surface area contributed by atoms with Gasteiger partial charge in [0.15, 0.2) is 11.5 Å². The molecule has 2 aromatic rings. The third-order valence-electron chi connectivity index (χ3n) is 2.31. The van der Waals surface area contributed by atoms with Gasteiger partial charge in [0.05, 0.1) is 19.0 Å². The van der Waals surface area contributed by atoms with Crippen LogP contribution in [0.3, 0.4) is 0 Å². The molecule has 0 fully saturated rings. The molecular weight excluding hydrogens is 261 g/mol. The lowest BCUT2D eigenvalue weighted by Crippen LogP contribution is -2.20. The van der Waals surface area contributed by atoms with Crippen molar-refractivity contribution in [3.05, 3.63) is 42.7 Å². The van der Waals surface area contributed by atoms with Crippen LogP contribution in [-0.2, 0) is 0 Å². The number of benzene rings is 1. The smallest absolute Gasteiger partial charge is 0.511 e. The minimum absolute atomic E-state index is 0.186. The average Bonchev–Trinajstić information content (AvgIpc) is 2.41. The van der Waals surface area contributed by atoms with Crippen molar-refractivity contribution in [3.8, 4) is 23.0 Å². The molecule has 0 aliphatic carbocycles. The summed E-state index contributed by atoms with van der Waals surface area (Å²) in [6.07, 6.45) is 2.83. The number of ether oxygens (including phenoxy) is 2. The molecule has 1 aromatic carbocycles. The Kier molecular flexibility index (Phi) is 4.81. The fourth-order valence-corrected chi connectivity index (χ4v) is 1.58. The summed E-state index contributed by atoms with van der Waals surface area (Å²) in [5.74, 6) is 1.74. The van der Waals surface area contributed by atoms with Gasteiger partial charge in [-0.05, 0) is 19.1 Å².